The van der Waals surface area contributed by atoms with Crippen molar-refractivity contribution in [3.63, 3.8) is 0 Å². The lowest BCUT2D eigenvalue weighted by Crippen LogP contribution is -2.36. The second-order valence-electron chi connectivity index (χ2n) is 4.62. The molecule has 4 N–H and O–H groups in total. The zero-order valence-corrected chi connectivity index (χ0v) is 9.34. The van der Waals surface area contributed by atoms with Crippen molar-refractivity contribution in [2.24, 2.45) is 5.73 Å². The minimum absolute atomic E-state index is 0.134. The molecule has 0 rings (SSSR count). The summed E-state index contributed by atoms with van der Waals surface area (Å²) in [7, 11) is 0. The summed E-state index contributed by atoms with van der Waals surface area (Å²) in [6.45, 7) is 7.23. The third kappa shape index (κ3) is 8.01. The second kappa shape index (κ2) is 5.98. The molecule has 0 fully saturated rings. The summed E-state index contributed by atoms with van der Waals surface area (Å²) >= 11 is 0. The van der Waals surface area contributed by atoms with Crippen molar-refractivity contribution in [3.8, 4) is 0 Å². The van der Waals surface area contributed by atoms with E-state index in [1.807, 2.05) is 0 Å². The van der Waals surface area contributed by atoms with E-state index >= 15 is 0 Å². The minimum atomic E-state index is -0.909. The molecule has 0 bridgehead atoms. The van der Waals surface area contributed by atoms with Crippen LogP contribution in [-0.4, -0.2) is 29.2 Å². The number of carboxylic acids is 1. The Labute approximate surface area is 85.9 Å². The lowest BCUT2D eigenvalue weighted by molar-refractivity contribution is -0.138. The average molecular weight is 202 g/mol. The number of rotatable bonds is 6. The highest BCUT2D eigenvalue weighted by molar-refractivity contribution is 5.72. The molecule has 0 aromatic heterocycles. The third-order valence-electron chi connectivity index (χ3n) is 1.91. The highest BCUT2D eigenvalue weighted by atomic mass is 16.4. The van der Waals surface area contributed by atoms with Crippen LogP contribution in [0.1, 0.15) is 40.0 Å². The fourth-order valence-electron chi connectivity index (χ4n) is 1.08. The normalized spacial score (nSPS) is 14.0. The molecule has 0 heterocycles. The van der Waals surface area contributed by atoms with Crippen molar-refractivity contribution in [2.45, 2.75) is 51.6 Å². The van der Waals surface area contributed by atoms with Crippen molar-refractivity contribution in [2.75, 3.05) is 6.54 Å². The van der Waals surface area contributed by atoms with E-state index in [1.54, 1.807) is 0 Å². The SMILES string of the molecule is CC(C)(C)NCCCC[C@@H](N)C(=O)O. The van der Waals surface area contributed by atoms with E-state index in [1.165, 1.54) is 0 Å². The molecule has 0 aliphatic carbocycles. The van der Waals surface area contributed by atoms with Gasteiger partial charge in [0.1, 0.15) is 6.04 Å². The van der Waals surface area contributed by atoms with Crippen LogP contribution in [-0.2, 0) is 4.79 Å². The molecule has 1 atom stereocenters. The maximum Gasteiger partial charge on any atom is 0.320 e. The van der Waals surface area contributed by atoms with Gasteiger partial charge in [0.25, 0.3) is 0 Å². The molecule has 14 heavy (non-hydrogen) atoms. The number of nitrogens with two attached hydrogens (primary N) is 1. The van der Waals surface area contributed by atoms with Gasteiger partial charge in [0.2, 0.25) is 0 Å². The first-order valence-corrected chi connectivity index (χ1v) is 5.06. The molecule has 4 heteroatoms. The Morgan fingerprint density at radius 3 is 2.43 bits per heavy atom. The Bertz CT molecular complexity index is 175. The van der Waals surface area contributed by atoms with Crippen LogP contribution in [0.15, 0.2) is 0 Å². The van der Waals surface area contributed by atoms with E-state index in [9.17, 15) is 4.79 Å². The summed E-state index contributed by atoms with van der Waals surface area (Å²) in [6.07, 6.45) is 2.38. The number of hydrogen-bond donors (Lipinski definition) is 3. The van der Waals surface area contributed by atoms with Crippen LogP contribution in [0.5, 0.6) is 0 Å². The molecule has 0 radical (unpaired) electrons. The van der Waals surface area contributed by atoms with E-state index in [0.717, 1.165) is 19.4 Å². The van der Waals surface area contributed by atoms with Gasteiger partial charge in [-0.3, -0.25) is 4.79 Å². The van der Waals surface area contributed by atoms with Crippen molar-refractivity contribution in [1.82, 2.24) is 5.32 Å². The molecular weight excluding hydrogens is 180 g/mol. The lowest BCUT2D eigenvalue weighted by atomic mass is 10.1. The largest absolute Gasteiger partial charge is 0.480 e. The molecule has 0 aromatic rings. The molecule has 0 spiro atoms. The summed E-state index contributed by atoms with van der Waals surface area (Å²) < 4.78 is 0. The molecule has 0 saturated carbocycles. The highest BCUT2D eigenvalue weighted by Gasteiger charge is 2.11. The summed E-state index contributed by atoms with van der Waals surface area (Å²) in [5.74, 6) is -0.909. The van der Waals surface area contributed by atoms with Crippen LogP contribution >= 0.6 is 0 Å². The van der Waals surface area contributed by atoms with E-state index in [2.05, 4.69) is 26.1 Å². The predicted octanol–water partition coefficient (Wildman–Crippen LogP) is 0.957. The van der Waals surface area contributed by atoms with Gasteiger partial charge in [0.15, 0.2) is 0 Å². The molecule has 0 unspecified atom stereocenters. The first-order valence-electron chi connectivity index (χ1n) is 5.06. The Morgan fingerprint density at radius 2 is 2.00 bits per heavy atom. The van der Waals surface area contributed by atoms with Crippen LogP contribution in [0, 0.1) is 0 Å². The molecule has 0 aliphatic rings. The first kappa shape index (κ1) is 13.4. The molecule has 4 nitrogen and oxygen atoms in total. The molecule has 0 aliphatic heterocycles. The number of unbranched alkanes of at least 4 members (excludes halogenated alkanes) is 1. The van der Waals surface area contributed by atoms with Crippen molar-refractivity contribution in [3.05, 3.63) is 0 Å². The number of nitrogens with one attached hydrogen (secondary N) is 1. The Hall–Kier alpha value is -0.610. The van der Waals surface area contributed by atoms with E-state index in [0.29, 0.717) is 6.42 Å². The average Bonchev–Trinajstić information content (AvgIpc) is 2.01. The van der Waals surface area contributed by atoms with Crippen LogP contribution in [0.2, 0.25) is 0 Å². The predicted molar refractivity (Wildman–Crippen MR) is 57.2 cm³/mol. The van der Waals surface area contributed by atoms with Gasteiger partial charge in [-0.1, -0.05) is 6.42 Å². The summed E-state index contributed by atoms with van der Waals surface area (Å²) in [5, 5.41) is 11.9. The summed E-state index contributed by atoms with van der Waals surface area (Å²) in [5.41, 5.74) is 5.50. The minimum Gasteiger partial charge on any atom is -0.480 e. The van der Waals surface area contributed by atoms with Gasteiger partial charge in [-0.25, -0.2) is 0 Å². The fraction of sp³-hybridized carbons (Fsp3) is 0.900. The van der Waals surface area contributed by atoms with Crippen molar-refractivity contribution < 1.29 is 9.90 Å². The Balaban J connectivity index is 3.35. The first-order chi connectivity index (χ1) is 6.33. The molecule has 0 aromatic carbocycles. The fourth-order valence-corrected chi connectivity index (χ4v) is 1.08. The molecule has 84 valence electrons. The van der Waals surface area contributed by atoms with Crippen LogP contribution < -0.4 is 11.1 Å². The standard InChI is InChI=1S/C10H22N2O2/c1-10(2,3)12-7-5-4-6-8(11)9(13)14/h8,12H,4-7,11H2,1-3H3,(H,13,14)/t8-/m1/s1. The second-order valence-corrected chi connectivity index (χ2v) is 4.62. The lowest BCUT2D eigenvalue weighted by Gasteiger charge is -2.20. The number of hydrogen-bond acceptors (Lipinski definition) is 3. The van der Waals surface area contributed by atoms with Gasteiger partial charge in [0, 0.05) is 5.54 Å². The van der Waals surface area contributed by atoms with Gasteiger partial charge in [-0.2, -0.15) is 0 Å². The molecule has 0 amide bonds. The van der Waals surface area contributed by atoms with Crippen LogP contribution in [0.3, 0.4) is 0 Å². The van der Waals surface area contributed by atoms with Crippen LogP contribution in [0.25, 0.3) is 0 Å². The zero-order valence-electron chi connectivity index (χ0n) is 9.34. The van der Waals surface area contributed by atoms with E-state index < -0.39 is 12.0 Å². The Morgan fingerprint density at radius 1 is 1.43 bits per heavy atom. The van der Waals surface area contributed by atoms with Gasteiger partial charge in [-0.05, 0) is 40.2 Å². The smallest absolute Gasteiger partial charge is 0.320 e. The maximum absolute atomic E-state index is 10.4. The maximum atomic E-state index is 10.4. The highest BCUT2D eigenvalue weighted by Crippen LogP contribution is 2.02. The zero-order chi connectivity index (χ0) is 11.2. The van der Waals surface area contributed by atoms with E-state index in [4.69, 9.17) is 10.8 Å². The summed E-state index contributed by atoms with van der Waals surface area (Å²) in [4.78, 5) is 10.4. The topological polar surface area (TPSA) is 75.3 Å². The number of carboxylic acid groups (broad SMARTS) is 1. The van der Waals surface area contributed by atoms with Gasteiger partial charge in [0.05, 0.1) is 0 Å². The molecular formula is C10H22N2O2. The summed E-state index contributed by atoms with van der Waals surface area (Å²) in [6, 6.07) is -0.704. The number of carbonyl (C=O) groups is 1. The van der Waals surface area contributed by atoms with Gasteiger partial charge < -0.3 is 16.2 Å². The monoisotopic (exact) mass is 202 g/mol. The van der Waals surface area contributed by atoms with Gasteiger partial charge in [-0.15, -0.1) is 0 Å². The van der Waals surface area contributed by atoms with Gasteiger partial charge >= 0.3 is 5.97 Å². The quantitative estimate of drug-likeness (QED) is 0.561. The van der Waals surface area contributed by atoms with Crippen LogP contribution in [0.4, 0.5) is 0 Å². The molecule has 0 saturated heterocycles. The third-order valence-corrected chi connectivity index (χ3v) is 1.91. The van der Waals surface area contributed by atoms with Crippen molar-refractivity contribution >= 4 is 5.97 Å². The van der Waals surface area contributed by atoms with Crippen molar-refractivity contribution in [1.29, 1.82) is 0 Å². The number of aliphatic carboxylic acids is 1. The van der Waals surface area contributed by atoms with E-state index in [-0.39, 0.29) is 5.54 Å². The Kier molecular flexibility index (Phi) is 5.72.